The van der Waals surface area contributed by atoms with Gasteiger partial charge in [-0.1, -0.05) is 0 Å². The van der Waals surface area contributed by atoms with Gasteiger partial charge in [0.15, 0.2) is 0 Å². The Labute approximate surface area is 117 Å². The number of pyridine rings is 1. The van der Waals surface area contributed by atoms with Crippen LogP contribution in [-0.4, -0.2) is 9.97 Å². The van der Waals surface area contributed by atoms with Gasteiger partial charge in [-0.25, -0.2) is 9.97 Å². The van der Waals surface area contributed by atoms with Crippen molar-refractivity contribution in [3.63, 3.8) is 0 Å². The number of anilines is 1. The fourth-order valence-electron chi connectivity index (χ4n) is 2.51. The molecule has 1 aliphatic rings. The number of aryl methyl sites for hydroxylation is 3. The van der Waals surface area contributed by atoms with Crippen LogP contribution in [0.25, 0.3) is 0 Å². The minimum Gasteiger partial charge on any atom is -0.444 e. The van der Waals surface area contributed by atoms with Crippen LogP contribution >= 0.6 is 0 Å². The van der Waals surface area contributed by atoms with Gasteiger partial charge in [0.2, 0.25) is 5.89 Å². The molecule has 1 unspecified atom stereocenters. The Kier molecular flexibility index (Phi) is 3.15. The fraction of sp³-hybridized carbons (Fsp3) is 0.400. The van der Waals surface area contributed by atoms with Crippen molar-refractivity contribution in [3.8, 4) is 6.07 Å². The molecule has 102 valence electrons. The first-order chi connectivity index (χ1) is 9.67. The zero-order chi connectivity index (χ0) is 14.1. The van der Waals surface area contributed by atoms with E-state index < -0.39 is 0 Å². The van der Waals surface area contributed by atoms with E-state index in [9.17, 15) is 5.26 Å². The van der Waals surface area contributed by atoms with Crippen LogP contribution in [0.2, 0.25) is 0 Å². The molecule has 2 aromatic rings. The molecule has 2 aromatic heterocycles. The number of nitriles is 1. The molecule has 1 atom stereocenters. The molecule has 2 heterocycles. The molecule has 0 spiro atoms. The van der Waals surface area contributed by atoms with Gasteiger partial charge in [-0.2, -0.15) is 5.26 Å². The molecule has 0 aromatic carbocycles. The lowest BCUT2D eigenvalue weighted by atomic mass is 10.1. The summed E-state index contributed by atoms with van der Waals surface area (Å²) in [5.74, 6) is 2.00. The van der Waals surface area contributed by atoms with Crippen molar-refractivity contribution in [1.82, 2.24) is 9.97 Å². The van der Waals surface area contributed by atoms with Gasteiger partial charge in [-0.3, -0.25) is 0 Å². The van der Waals surface area contributed by atoms with E-state index in [0.717, 1.165) is 30.7 Å². The number of hydrogen-bond acceptors (Lipinski definition) is 5. The highest BCUT2D eigenvalue weighted by atomic mass is 16.4. The number of nitrogens with zero attached hydrogens (tertiary/aromatic N) is 3. The lowest BCUT2D eigenvalue weighted by molar-refractivity contribution is 0.453. The number of aromatic nitrogens is 2. The monoisotopic (exact) mass is 268 g/mol. The van der Waals surface area contributed by atoms with Crippen molar-refractivity contribution in [2.45, 2.75) is 39.2 Å². The fourth-order valence-corrected chi connectivity index (χ4v) is 2.51. The van der Waals surface area contributed by atoms with Crippen LogP contribution < -0.4 is 5.32 Å². The van der Waals surface area contributed by atoms with Crippen LogP contribution in [0.15, 0.2) is 16.7 Å². The molecular weight excluding hydrogens is 252 g/mol. The molecule has 5 heteroatoms. The maximum Gasteiger partial charge on any atom is 0.216 e. The van der Waals surface area contributed by atoms with Gasteiger partial charge in [0.05, 0.1) is 11.8 Å². The minimum atomic E-state index is -0.122. The summed E-state index contributed by atoms with van der Waals surface area (Å²) in [5, 5.41) is 12.5. The van der Waals surface area contributed by atoms with Crippen molar-refractivity contribution in [2.75, 3.05) is 5.32 Å². The van der Waals surface area contributed by atoms with Gasteiger partial charge in [0.1, 0.15) is 23.7 Å². The van der Waals surface area contributed by atoms with E-state index in [1.165, 1.54) is 5.56 Å². The average molecular weight is 268 g/mol. The van der Waals surface area contributed by atoms with Crippen molar-refractivity contribution in [3.05, 3.63) is 40.7 Å². The predicted octanol–water partition coefficient (Wildman–Crippen LogP) is 2.91. The quantitative estimate of drug-likeness (QED) is 0.926. The average Bonchev–Trinajstić information content (AvgIpc) is 3.05. The Morgan fingerprint density at radius 1 is 1.45 bits per heavy atom. The van der Waals surface area contributed by atoms with Gasteiger partial charge in [-0.15, -0.1) is 0 Å². The van der Waals surface area contributed by atoms with E-state index >= 15 is 0 Å². The highest BCUT2D eigenvalue weighted by Gasteiger charge is 2.19. The molecule has 0 radical (unpaired) electrons. The number of nitrogens with one attached hydrogen (secondary N) is 1. The molecule has 3 rings (SSSR count). The van der Waals surface area contributed by atoms with Crippen molar-refractivity contribution < 1.29 is 4.42 Å². The van der Waals surface area contributed by atoms with Crippen LogP contribution in [0.5, 0.6) is 0 Å². The second kappa shape index (κ2) is 4.97. The van der Waals surface area contributed by atoms with Crippen LogP contribution in [0.3, 0.4) is 0 Å². The summed E-state index contributed by atoms with van der Waals surface area (Å²) >= 11 is 0. The van der Waals surface area contributed by atoms with E-state index in [1.807, 2.05) is 19.9 Å². The Bertz CT molecular complexity index is 684. The summed E-state index contributed by atoms with van der Waals surface area (Å²) in [4.78, 5) is 8.79. The maximum atomic E-state index is 9.27. The Morgan fingerprint density at radius 2 is 2.30 bits per heavy atom. The van der Waals surface area contributed by atoms with Gasteiger partial charge in [0.25, 0.3) is 0 Å². The van der Waals surface area contributed by atoms with Crippen molar-refractivity contribution in [2.24, 2.45) is 0 Å². The smallest absolute Gasteiger partial charge is 0.216 e. The lowest BCUT2D eigenvalue weighted by Gasteiger charge is -2.13. The zero-order valence-electron chi connectivity index (χ0n) is 11.6. The molecule has 0 amide bonds. The second-order valence-corrected chi connectivity index (χ2v) is 5.13. The molecule has 1 N–H and O–H groups in total. The summed E-state index contributed by atoms with van der Waals surface area (Å²) in [6.07, 6.45) is 4.81. The number of fused-ring (bicyclic) bond motifs is 1. The first-order valence-corrected chi connectivity index (χ1v) is 6.79. The van der Waals surface area contributed by atoms with E-state index in [0.29, 0.717) is 17.3 Å². The lowest BCUT2D eigenvalue weighted by Crippen LogP contribution is -2.10. The molecule has 0 saturated heterocycles. The first kappa shape index (κ1) is 12.7. The normalized spacial score (nSPS) is 14.7. The predicted molar refractivity (Wildman–Crippen MR) is 74.3 cm³/mol. The summed E-state index contributed by atoms with van der Waals surface area (Å²) in [7, 11) is 0. The molecular formula is C15H16N4O. The third kappa shape index (κ3) is 2.25. The first-order valence-electron chi connectivity index (χ1n) is 6.79. The van der Waals surface area contributed by atoms with E-state index in [4.69, 9.17) is 4.42 Å². The number of rotatable bonds is 3. The molecule has 1 aliphatic carbocycles. The molecule has 20 heavy (non-hydrogen) atoms. The largest absolute Gasteiger partial charge is 0.444 e. The molecule has 0 saturated carbocycles. The standard InChI is InChI=1S/C15H16N4O/c1-9-8-17-15(20-9)10(2)18-14-12(7-16)6-11-4-3-5-13(11)19-14/h6,8,10H,3-5H2,1-2H3,(H,18,19). The SMILES string of the molecule is Cc1cnc(C(C)Nc2nc3c(cc2C#N)CCC3)o1. The Hall–Kier alpha value is -2.35. The van der Waals surface area contributed by atoms with Gasteiger partial charge in [0, 0.05) is 5.69 Å². The summed E-state index contributed by atoms with van der Waals surface area (Å²) in [5.41, 5.74) is 2.88. The van der Waals surface area contributed by atoms with Crippen LogP contribution in [-0.2, 0) is 12.8 Å². The Balaban J connectivity index is 1.89. The van der Waals surface area contributed by atoms with Crippen LogP contribution in [0.1, 0.15) is 47.9 Å². The Morgan fingerprint density at radius 3 is 3.00 bits per heavy atom. The van der Waals surface area contributed by atoms with E-state index in [2.05, 4.69) is 21.4 Å². The van der Waals surface area contributed by atoms with Gasteiger partial charge < -0.3 is 9.73 Å². The van der Waals surface area contributed by atoms with Crippen LogP contribution in [0, 0.1) is 18.3 Å². The topological polar surface area (TPSA) is 74.7 Å². The third-order valence-electron chi connectivity index (χ3n) is 3.53. The molecule has 0 bridgehead atoms. The van der Waals surface area contributed by atoms with E-state index in [1.54, 1.807) is 6.20 Å². The minimum absolute atomic E-state index is 0.122. The number of hydrogen-bond donors (Lipinski definition) is 1. The second-order valence-electron chi connectivity index (χ2n) is 5.13. The molecule has 0 aliphatic heterocycles. The summed E-state index contributed by atoms with van der Waals surface area (Å²) < 4.78 is 5.50. The third-order valence-corrected chi connectivity index (χ3v) is 3.53. The number of oxazole rings is 1. The highest BCUT2D eigenvalue weighted by molar-refractivity contribution is 5.55. The van der Waals surface area contributed by atoms with E-state index in [-0.39, 0.29) is 6.04 Å². The zero-order valence-corrected chi connectivity index (χ0v) is 11.6. The van der Waals surface area contributed by atoms with Gasteiger partial charge >= 0.3 is 0 Å². The van der Waals surface area contributed by atoms with Crippen molar-refractivity contribution >= 4 is 5.82 Å². The van der Waals surface area contributed by atoms with Gasteiger partial charge in [-0.05, 0) is 44.7 Å². The van der Waals surface area contributed by atoms with Crippen molar-refractivity contribution in [1.29, 1.82) is 5.26 Å². The van der Waals surface area contributed by atoms with Crippen LogP contribution in [0.4, 0.5) is 5.82 Å². The molecule has 5 nitrogen and oxygen atoms in total. The summed E-state index contributed by atoms with van der Waals surface area (Å²) in [6.45, 7) is 3.80. The maximum absolute atomic E-state index is 9.27. The summed E-state index contributed by atoms with van der Waals surface area (Å²) in [6, 6.07) is 4.04. The molecule has 0 fully saturated rings. The highest BCUT2D eigenvalue weighted by Crippen LogP contribution is 2.27.